The minimum atomic E-state index is -0.639. The summed E-state index contributed by atoms with van der Waals surface area (Å²) in [5.41, 5.74) is 1.44. The molecule has 13 heteroatoms. The van der Waals surface area contributed by atoms with Crippen LogP contribution in [-0.2, 0) is 35.0 Å². The smallest absolute Gasteiger partial charge is 0.343 e. The highest BCUT2D eigenvalue weighted by Crippen LogP contribution is 2.32. The maximum absolute atomic E-state index is 13.4. The van der Waals surface area contributed by atoms with Crippen molar-refractivity contribution in [2.24, 2.45) is 0 Å². The molecule has 0 radical (unpaired) electrons. The van der Waals surface area contributed by atoms with E-state index < -0.39 is 23.9 Å². The van der Waals surface area contributed by atoms with Gasteiger partial charge in [-0.2, -0.15) is 0 Å². The maximum Gasteiger partial charge on any atom is 0.343 e. The fourth-order valence-corrected chi connectivity index (χ4v) is 6.27. The highest BCUT2D eigenvalue weighted by atomic mass is 16.6. The summed E-state index contributed by atoms with van der Waals surface area (Å²) >= 11 is 0. The van der Waals surface area contributed by atoms with Gasteiger partial charge in [-0.3, -0.25) is 4.79 Å². The average molecular weight is 847 g/mol. The van der Waals surface area contributed by atoms with Crippen LogP contribution in [0.4, 0.5) is 0 Å². The second kappa shape index (κ2) is 24.2. The fraction of sp³-hybridized carbons (Fsp3) is 0.286. The molecule has 0 aliphatic heterocycles. The summed E-state index contributed by atoms with van der Waals surface area (Å²) in [6.45, 7) is 10.8. The Labute approximate surface area is 360 Å². The Balaban J connectivity index is 1.21. The van der Waals surface area contributed by atoms with Gasteiger partial charge in [-0.25, -0.2) is 19.2 Å². The second-order valence-corrected chi connectivity index (χ2v) is 13.9. The van der Waals surface area contributed by atoms with E-state index in [0.29, 0.717) is 61.8 Å². The molecule has 0 saturated carbocycles. The summed E-state index contributed by atoms with van der Waals surface area (Å²) in [7, 11) is 0. The molecule has 0 aliphatic rings. The van der Waals surface area contributed by atoms with Crippen LogP contribution in [0.1, 0.15) is 71.7 Å². The van der Waals surface area contributed by atoms with Crippen LogP contribution in [0.2, 0.25) is 0 Å². The van der Waals surface area contributed by atoms with Crippen LogP contribution >= 0.6 is 0 Å². The van der Waals surface area contributed by atoms with Gasteiger partial charge in [0.1, 0.15) is 17.2 Å². The summed E-state index contributed by atoms with van der Waals surface area (Å²) in [4.78, 5) is 59.8. The summed E-state index contributed by atoms with van der Waals surface area (Å²) in [6, 6.07) is 24.6. The number of hydrogen-bond donors (Lipinski definition) is 0. The van der Waals surface area contributed by atoms with Crippen LogP contribution in [-0.4, -0.2) is 70.0 Å². The van der Waals surface area contributed by atoms with Gasteiger partial charge < -0.3 is 37.9 Å². The van der Waals surface area contributed by atoms with Crippen LogP contribution in [0.15, 0.2) is 110 Å². The molecule has 0 atom stereocenters. The van der Waals surface area contributed by atoms with Crippen molar-refractivity contribution in [3.05, 3.63) is 127 Å². The molecule has 0 bridgehead atoms. The number of unbranched alkanes of at least 4 members (excludes halogenated alkanes) is 3. The first-order valence-corrected chi connectivity index (χ1v) is 20.4. The normalized spacial score (nSPS) is 10.7. The molecule has 0 heterocycles. The molecule has 5 aromatic carbocycles. The third-order valence-corrected chi connectivity index (χ3v) is 9.42. The summed E-state index contributed by atoms with van der Waals surface area (Å²) < 4.78 is 44.0. The molecular weight excluding hydrogens is 797 g/mol. The second-order valence-electron chi connectivity index (χ2n) is 13.9. The number of hydrogen-bond acceptors (Lipinski definition) is 13. The van der Waals surface area contributed by atoms with Gasteiger partial charge in [0.2, 0.25) is 0 Å². The lowest BCUT2D eigenvalue weighted by atomic mass is 9.99. The quantitative estimate of drug-likeness (QED) is 0.0130. The molecule has 0 unspecified atom stereocenters. The van der Waals surface area contributed by atoms with Gasteiger partial charge in [-0.1, -0.05) is 38.3 Å². The number of aryl methyl sites for hydroxylation is 1. The standard InChI is InChI=1S/C49H50O13/c1-4-34-27-39(49(54)61-41-18-14-35-29-40(17-13-36(35)30-41)56-22-10-8-7-9-21-55-33-50)28-37-15-19-42(32-43(34)37)62-48(53)38-16-20-44(57-23-11-25-59-46(51)5-2)45(31-38)58-24-12-26-60-47(52)6-3/h5-6,13-20,27-33H,2-4,7-12,21-26H2,1H3. The Hall–Kier alpha value is -7.15. The van der Waals surface area contributed by atoms with Crippen molar-refractivity contribution in [2.75, 3.05) is 39.6 Å². The van der Waals surface area contributed by atoms with Crippen molar-refractivity contribution in [3.8, 4) is 28.7 Å². The first-order valence-electron chi connectivity index (χ1n) is 20.4. The topological polar surface area (TPSA) is 159 Å². The van der Waals surface area contributed by atoms with Gasteiger partial charge >= 0.3 is 23.9 Å². The molecular formula is C49H50O13. The van der Waals surface area contributed by atoms with E-state index in [0.717, 1.165) is 70.7 Å². The van der Waals surface area contributed by atoms with E-state index in [9.17, 15) is 24.0 Å². The molecule has 0 aliphatic carbocycles. The summed E-state index contributed by atoms with van der Waals surface area (Å²) in [5, 5.41) is 3.42. The van der Waals surface area contributed by atoms with Crippen molar-refractivity contribution in [1.82, 2.24) is 0 Å². The highest BCUT2D eigenvalue weighted by Gasteiger charge is 2.17. The number of esters is 4. The average Bonchev–Trinajstić information content (AvgIpc) is 3.29. The highest BCUT2D eigenvalue weighted by molar-refractivity contribution is 5.99. The van der Waals surface area contributed by atoms with Crippen LogP contribution < -0.4 is 23.7 Å². The Kier molecular flexibility index (Phi) is 17.9. The Bertz CT molecular complexity index is 2370. The van der Waals surface area contributed by atoms with E-state index in [-0.39, 0.29) is 37.7 Å². The van der Waals surface area contributed by atoms with Gasteiger partial charge in [0.25, 0.3) is 6.47 Å². The van der Waals surface area contributed by atoms with E-state index in [1.54, 1.807) is 48.5 Å². The lowest BCUT2D eigenvalue weighted by Crippen LogP contribution is -2.11. The fourth-order valence-electron chi connectivity index (χ4n) is 6.27. The van der Waals surface area contributed by atoms with E-state index in [2.05, 4.69) is 13.2 Å². The number of carbonyl (C=O) groups is 5. The van der Waals surface area contributed by atoms with Crippen molar-refractivity contribution in [3.63, 3.8) is 0 Å². The van der Waals surface area contributed by atoms with E-state index in [1.807, 2.05) is 37.3 Å². The molecule has 62 heavy (non-hydrogen) atoms. The summed E-state index contributed by atoms with van der Waals surface area (Å²) in [6.07, 6.45) is 7.19. The van der Waals surface area contributed by atoms with Crippen LogP contribution in [0.5, 0.6) is 28.7 Å². The monoisotopic (exact) mass is 846 g/mol. The van der Waals surface area contributed by atoms with Crippen molar-refractivity contribution in [1.29, 1.82) is 0 Å². The number of fused-ring (bicyclic) bond motifs is 2. The van der Waals surface area contributed by atoms with E-state index >= 15 is 0 Å². The van der Waals surface area contributed by atoms with Gasteiger partial charge in [0.05, 0.1) is 50.8 Å². The van der Waals surface area contributed by atoms with Crippen molar-refractivity contribution >= 4 is 51.9 Å². The molecule has 13 nitrogen and oxygen atoms in total. The van der Waals surface area contributed by atoms with Gasteiger partial charge in [0.15, 0.2) is 11.5 Å². The molecule has 0 N–H and O–H groups in total. The zero-order valence-electron chi connectivity index (χ0n) is 34.7. The third kappa shape index (κ3) is 14.0. The minimum Gasteiger partial charge on any atom is -0.494 e. The molecule has 0 spiro atoms. The minimum absolute atomic E-state index is 0.107. The van der Waals surface area contributed by atoms with E-state index in [1.165, 1.54) is 6.07 Å². The third-order valence-electron chi connectivity index (χ3n) is 9.42. The Morgan fingerprint density at radius 3 is 1.73 bits per heavy atom. The predicted octanol–water partition coefficient (Wildman–Crippen LogP) is 9.10. The lowest BCUT2D eigenvalue weighted by molar-refractivity contribution is -0.138. The SMILES string of the molecule is C=CC(=O)OCCCOc1ccc(C(=O)Oc2ccc3cc(C(=O)Oc4ccc5cc(OCCCCCCOC=O)ccc5c4)cc(CC)c3c2)cc1OCCCOC(=O)C=C. The van der Waals surface area contributed by atoms with Gasteiger partial charge in [-0.15, -0.1) is 0 Å². The zero-order valence-corrected chi connectivity index (χ0v) is 34.7. The maximum atomic E-state index is 13.4. The molecule has 324 valence electrons. The van der Waals surface area contributed by atoms with Crippen LogP contribution in [0.3, 0.4) is 0 Å². The first kappa shape index (κ1) is 45.9. The lowest BCUT2D eigenvalue weighted by Gasteiger charge is -2.15. The molecule has 5 rings (SSSR count). The molecule has 0 fully saturated rings. The summed E-state index contributed by atoms with van der Waals surface area (Å²) in [5.74, 6) is -0.135. The largest absolute Gasteiger partial charge is 0.494 e. The van der Waals surface area contributed by atoms with Crippen LogP contribution in [0, 0.1) is 0 Å². The van der Waals surface area contributed by atoms with Crippen molar-refractivity contribution in [2.45, 2.75) is 51.9 Å². The molecule has 5 aromatic rings. The van der Waals surface area contributed by atoms with Crippen LogP contribution in [0.25, 0.3) is 21.5 Å². The zero-order chi connectivity index (χ0) is 44.1. The Morgan fingerprint density at radius 2 is 1.08 bits per heavy atom. The molecule has 0 saturated heterocycles. The Morgan fingerprint density at radius 1 is 0.516 bits per heavy atom. The van der Waals surface area contributed by atoms with Gasteiger partial charge in [0, 0.05) is 25.0 Å². The predicted molar refractivity (Wildman–Crippen MR) is 232 cm³/mol. The number of benzene rings is 5. The number of ether oxygens (including phenoxy) is 8. The van der Waals surface area contributed by atoms with E-state index in [4.69, 9.17) is 37.9 Å². The molecule has 0 amide bonds. The number of rotatable bonds is 26. The molecule has 0 aromatic heterocycles. The first-order chi connectivity index (χ1) is 30.2. The van der Waals surface area contributed by atoms with Crippen molar-refractivity contribution < 1.29 is 61.9 Å². The number of carbonyl (C=O) groups excluding carboxylic acids is 5. The van der Waals surface area contributed by atoms with Gasteiger partial charge in [-0.05, 0) is 126 Å².